The summed E-state index contributed by atoms with van der Waals surface area (Å²) in [6, 6.07) is 0. The third kappa shape index (κ3) is 2.93. The molecule has 5 unspecified atom stereocenters. The van der Waals surface area contributed by atoms with Gasteiger partial charge in [0.25, 0.3) is 0 Å². The van der Waals surface area contributed by atoms with Gasteiger partial charge in [0.15, 0.2) is 11.6 Å². The van der Waals surface area contributed by atoms with E-state index in [2.05, 4.69) is 20.4 Å². The molecule has 0 aromatic rings. The second-order valence-electron chi connectivity index (χ2n) is 10.9. The second kappa shape index (κ2) is 6.86. The van der Waals surface area contributed by atoms with Gasteiger partial charge in [0, 0.05) is 16.7 Å². The fourth-order valence-electron chi connectivity index (χ4n) is 7.69. The molecule has 30 heavy (non-hydrogen) atoms. The smallest absolute Gasteiger partial charge is 0.178 e. The molecule has 3 fully saturated rings. The van der Waals surface area contributed by atoms with E-state index in [1.807, 2.05) is 6.08 Å². The minimum absolute atomic E-state index is 0.0359. The molecular formula is C25H36O5. The first kappa shape index (κ1) is 21.9. The summed E-state index contributed by atoms with van der Waals surface area (Å²) in [5.74, 6) is -0.744. The van der Waals surface area contributed by atoms with Gasteiger partial charge in [-0.2, -0.15) is 0 Å². The van der Waals surface area contributed by atoms with Crippen molar-refractivity contribution in [2.24, 2.45) is 28.6 Å². The average Bonchev–Trinajstić information content (AvgIpc) is 2.92. The molecule has 5 nitrogen and oxygen atoms in total. The van der Waals surface area contributed by atoms with Gasteiger partial charge in [0.05, 0.1) is 12.7 Å². The number of ether oxygens (including phenoxy) is 1. The van der Waals surface area contributed by atoms with Crippen molar-refractivity contribution >= 4 is 5.78 Å². The van der Waals surface area contributed by atoms with Crippen LogP contribution in [0.15, 0.2) is 36.0 Å². The highest BCUT2D eigenvalue weighted by atomic mass is 16.6. The number of aliphatic hydroxyl groups is 3. The van der Waals surface area contributed by atoms with Crippen LogP contribution in [0.25, 0.3) is 0 Å². The molecule has 0 bridgehead atoms. The second-order valence-corrected chi connectivity index (χ2v) is 10.9. The molecule has 0 aromatic heterocycles. The Morgan fingerprint density at radius 3 is 2.67 bits per heavy atom. The van der Waals surface area contributed by atoms with E-state index in [1.165, 1.54) is 0 Å². The molecule has 0 saturated heterocycles. The summed E-state index contributed by atoms with van der Waals surface area (Å²) in [5.41, 5.74) is 0.0701. The molecule has 4 rings (SSSR count). The van der Waals surface area contributed by atoms with E-state index in [9.17, 15) is 20.1 Å². The molecule has 0 spiro atoms. The minimum Gasteiger partial charge on any atom is -0.393 e. The van der Waals surface area contributed by atoms with Gasteiger partial charge < -0.3 is 20.1 Å². The van der Waals surface area contributed by atoms with Crippen LogP contribution >= 0.6 is 0 Å². The fraction of sp³-hybridized carbons (Fsp3) is 0.720. The van der Waals surface area contributed by atoms with Crippen LogP contribution in [-0.4, -0.2) is 45.2 Å². The van der Waals surface area contributed by atoms with Crippen LogP contribution < -0.4 is 0 Å². The molecule has 0 amide bonds. The monoisotopic (exact) mass is 416 g/mol. The van der Waals surface area contributed by atoms with Crippen molar-refractivity contribution in [3.63, 3.8) is 0 Å². The molecule has 0 heterocycles. The van der Waals surface area contributed by atoms with Gasteiger partial charge in [-0.15, -0.1) is 0 Å². The van der Waals surface area contributed by atoms with Crippen molar-refractivity contribution < 1.29 is 24.9 Å². The molecule has 166 valence electrons. The van der Waals surface area contributed by atoms with Crippen LogP contribution in [0.5, 0.6) is 0 Å². The Morgan fingerprint density at radius 2 is 2.03 bits per heavy atom. The third-order valence-electron chi connectivity index (χ3n) is 8.80. The van der Waals surface area contributed by atoms with E-state index >= 15 is 0 Å². The van der Waals surface area contributed by atoms with E-state index < -0.39 is 22.9 Å². The first-order chi connectivity index (χ1) is 13.9. The van der Waals surface area contributed by atoms with Gasteiger partial charge in [-0.25, -0.2) is 0 Å². The van der Waals surface area contributed by atoms with Crippen LogP contribution in [0, 0.1) is 28.6 Å². The van der Waals surface area contributed by atoms with Crippen LogP contribution in [0.4, 0.5) is 0 Å². The van der Waals surface area contributed by atoms with Crippen molar-refractivity contribution in [1.29, 1.82) is 0 Å². The Balaban J connectivity index is 1.77. The summed E-state index contributed by atoms with van der Waals surface area (Å²) in [6.45, 7) is 11.5. The Kier molecular flexibility index (Phi) is 5.02. The molecule has 0 aromatic carbocycles. The van der Waals surface area contributed by atoms with E-state index in [-0.39, 0.29) is 35.6 Å². The predicted molar refractivity (Wildman–Crippen MR) is 114 cm³/mol. The van der Waals surface area contributed by atoms with E-state index in [4.69, 9.17) is 4.74 Å². The van der Waals surface area contributed by atoms with Crippen molar-refractivity contribution in [3.8, 4) is 0 Å². The number of hydrogen-bond donors (Lipinski definition) is 3. The molecule has 3 N–H and O–H groups in total. The van der Waals surface area contributed by atoms with E-state index in [0.717, 1.165) is 24.8 Å². The van der Waals surface area contributed by atoms with Crippen molar-refractivity contribution in [3.05, 3.63) is 36.0 Å². The zero-order valence-corrected chi connectivity index (χ0v) is 18.6. The summed E-state index contributed by atoms with van der Waals surface area (Å²) >= 11 is 0. The molecule has 3 saturated carbocycles. The zero-order chi connectivity index (χ0) is 22.1. The van der Waals surface area contributed by atoms with Crippen LogP contribution in [-0.2, 0) is 9.53 Å². The van der Waals surface area contributed by atoms with E-state index in [0.29, 0.717) is 18.4 Å². The van der Waals surface area contributed by atoms with Gasteiger partial charge in [-0.3, -0.25) is 4.79 Å². The van der Waals surface area contributed by atoms with Crippen LogP contribution in [0.1, 0.15) is 59.8 Å². The zero-order valence-electron chi connectivity index (χ0n) is 18.6. The number of hydrogen-bond acceptors (Lipinski definition) is 5. The largest absolute Gasteiger partial charge is 0.393 e. The normalized spacial score (nSPS) is 45.4. The first-order valence-corrected chi connectivity index (χ1v) is 11.2. The predicted octanol–water partition coefficient (Wildman–Crippen LogP) is 3.30. The number of rotatable bonds is 4. The summed E-state index contributed by atoms with van der Waals surface area (Å²) < 4.78 is 6.30. The lowest BCUT2D eigenvalue weighted by Crippen LogP contribution is -2.61. The summed E-state index contributed by atoms with van der Waals surface area (Å²) in [6.07, 6.45) is 8.71. The SMILES string of the molecule is C=C(CO)C1(OC(C)(C)O)CCC2C3CCC4=CC(=O)C=C[C@]4(C)C3[C@@H](O)CC21C. The first-order valence-electron chi connectivity index (χ1n) is 11.2. The maximum absolute atomic E-state index is 12.0. The Morgan fingerprint density at radius 1 is 1.33 bits per heavy atom. The third-order valence-corrected chi connectivity index (χ3v) is 8.80. The number of carbonyl (C=O) groups excluding carboxylic acids is 1. The summed E-state index contributed by atoms with van der Waals surface area (Å²) in [4.78, 5) is 12.0. The Bertz CT molecular complexity index is 820. The standard InChI is InChI=1S/C25H36O5/c1-15(14-26)25(30-22(2,3)29)11-9-19-18-7-6-16-12-17(27)8-10-23(16,4)21(18)20(28)13-24(19,25)5/h8,10,12,18-21,26,28-29H,1,6-7,9,11,13-14H2,2-5H3/t18?,19?,20-,21?,23-,24?,25?/m0/s1. The van der Waals surface area contributed by atoms with Gasteiger partial charge in [-0.1, -0.05) is 32.1 Å². The number of fused-ring (bicyclic) bond motifs is 5. The average molecular weight is 417 g/mol. The number of allylic oxidation sites excluding steroid dienone is 4. The lowest BCUT2D eigenvalue weighted by molar-refractivity contribution is -0.275. The fourth-order valence-corrected chi connectivity index (χ4v) is 7.69. The number of ketones is 1. The van der Waals surface area contributed by atoms with Crippen LogP contribution in [0.2, 0.25) is 0 Å². The summed E-state index contributed by atoms with van der Waals surface area (Å²) in [7, 11) is 0. The number of carbonyl (C=O) groups is 1. The molecule has 7 atom stereocenters. The summed E-state index contributed by atoms with van der Waals surface area (Å²) in [5, 5.41) is 32.1. The van der Waals surface area contributed by atoms with Crippen LogP contribution in [0.3, 0.4) is 0 Å². The minimum atomic E-state index is -1.38. The quantitative estimate of drug-likeness (QED) is 0.484. The Hall–Kier alpha value is -1.27. The van der Waals surface area contributed by atoms with Crippen molar-refractivity contribution in [2.75, 3.05) is 6.61 Å². The molecule has 4 aliphatic carbocycles. The number of aliphatic hydroxyl groups excluding tert-OH is 2. The molecule has 5 heteroatoms. The highest BCUT2D eigenvalue weighted by molar-refractivity contribution is 6.01. The van der Waals surface area contributed by atoms with E-state index in [1.54, 1.807) is 26.0 Å². The molecular weight excluding hydrogens is 380 g/mol. The van der Waals surface area contributed by atoms with Crippen molar-refractivity contribution in [2.45, 2.75) is 77.3 Å². The molecule has 0 radical (unpaired) electrons. The maximum atomic E-state index is 12.0. The van der Waals surface area contributed by atoms with Gasteiger partial charge in [0.2, 0.25) is 0 Å². The van der Waals surface area contributed by atoms with Gasteiger partial charge >= 0.3 is 0 Å². The van der Waals surface area contributed by atoms with Crippen molar-refractivity contribution in [1.82, 2.24) is 0 Å². The lowest BCUT2D eigenvalue weighted by atomic mass is 9.46. The van der Waals surface area contributed by atoms with Gasteiger partial charge in [0.1, 0.15) is 5.60 Å². The highest BCUT2D eigenvalue weighted by Crippen LogP contribution is 2.69. The molecule has 4 aliphatic rings. The maximum Gasteiger partial charge on any atom is 0.178 e. The lowest BCUT2D eigenvalue weighted by Gasteiger charge is -2.61. The molecule has 0 aliphatic heterocycles. The topological polar surface area (TPSA) is 87.0 Å². The van der Waals surface area contributed by atoms with Gasteiger partial charge in [-0.05, 0) is 75.5 Å². The Labute approximate surface area is 179 Å². The highest BCUT2D eigenvalue weighted by Gasteiger charge is 2.68.